The van der Waals surface area contributed by atoms with E-state index in [1.54, 1.807) is 0 Å². The number of rotatable bonds is 6. The highest BCUT2D eigenvalue weighted by molar-refractivity contribution is 7.07. The maximum absolute atomic E-state index is 12.7. The van der Waals surface area contributed by atoms with E-state index in [4.69, 9.17) is 4.43 Å². The fourth-order valence-electron chi connectivity index (χ4n) is 3.08. The molecule has 0 aliphatic rings. The third-order valence-corrected chi connectivity index (χ3v) is 8.30. The zero-order chi connectivity index (χ0) is 19.8. The van der Waals surface area contributed by atoms with Crippen LogP contribution in [-0.2, 0) is 18.8 Å². The van der Waals surface area contributed by atoms with Crippen LogP contribution in [-0.4, -0.2) is 27.4 Å². The average Bonchev–Trinajstić information content (AvgIpc) is 2.77. The van der Waals surface area contributed by atoms with Crippen molar-refractivity contribution in [3.05, 3.63) is 103 Å². The average molecular weight is 388 g/mol. The Morgan fingerprint density at radius 3 is 1.36 bits per heavy atom. The second-order valence-corrected chi connectivity index (χ2v) is 9.36. The van der Waals surface area contributed by atoms with Crippen LogP contribution in [0.2, 0.25) is 0 Å². The SMILES string of the molecule is COC(=O)/C=C/C(=O)O[Si](c1ccccc1)(c1ccccc1)c1ccccc1. The minimum absolute atomic E-state index is 0.589. The number of ether oxygens (including phenoxy) is 1. The van der Waals surface area contributed by atoms with Crippen LogP contribution in [0, 0.1) is 0 Å². The zero-order valence-corrected chi connectivity index (χ0v) is 16.4. The van der Waals surface area contributed by atoms with E-state index in [0.717, 1.165) is 27.7 Å². The summed E-state index contributed by atoms with van der Waals surface area (Å²) in [6.45, 7) is 0. The largest absolute Gasteiger partial charge is 0.502 e. The number of hydrogen-bond acceptors (Lipinski definition) is 4. The summed E-state index contributed by atoms with van der Waals surface area (Å²) >= 11 is 0. The maximum Gasteiger partial charge on any atom is 0.350 e. The van der Waals surface area contributed by atoms with Gasteiger partial charge in [-0.2, -0.15) is 0 Å². The van der Waals surface area contributed by atoms with Crippen LogP contribution in [0.5, 0.6) is 0 Å². The van der Waals surface area contributed by atoms with Crippen molar-refractivity contribution in [2.45, 2.75) is 0 Å². The van der Waals surface area contributed by atoms with Crippen molar-refractivity contribution < 1.29 is 18.8 Å². The van der Waals surface area contributed by atoms with Gasteiger partial charge in [0.25, 0.3) is 0 Å². The summed E-state index contributed by atoms with van der Waals surface area (Å²) in [6.07, 6.45) is 2.19. The van der Waals surface area contributed by atoms with Crippen molar-refractivity contribution in [2.24, 2.45) is 0 Å². The van der Waals surface area contributed by atoms with E-state index in [2.05, 4.69) is 4.74 Å². The van der Waals surface area contributed by atoms with Crippen LogP contribution in [0.1, 0.15) is 0 Å². The Kier molecular flexibility index (Phi) is 6.19. The van der Waals surface area contributed by atoms with Crippen molar-refractivity contribution in [2.75, 3.05) is 7.11 Å². The molecule has 0 aromatic heterocycles. The van der Waals surface area contributed by atoms with Gasteiger partial charge in [0.05, 0.1) is 7.11 Å². The molecule has 0 saturated heterocycles. The van der Waals surface area contributed by atoms with Gasteiger partial charge in [0.2, 0.25) is 0 Å². The first-order valence-electron chi connectivity index (χ1n) is 8.82. The smallest absolute Gasteiger partial charge is 0.350 e. The fraction of sp³-hybridized carbons (Fsp3) is 0.0435. The first-order valence-corrected chi connectivity index (χ1v) is 10.7. The Labute approximate surface area is 165 Å². The van der Waals surface area contributed by atoms with Gasteiger partial charge in [-0.25, -0.2) is 9.59 Å². The number of esters is 1. The van der Waals surface area contributed by atoms with Gasteiger partial charge in [-0.3, -0.25) is 0 Å². The first kappa shape index (κ1) is 19.3. The van der Waals surface area contributed by atoms with Gasteiger partial charge < -0.3 is 9.16 Å². The third-order valence-electron chi connectivity index (χ3n) is 4.35. The number of benzene rings is 3. The summed E-state index contributed by atoms with van der Waals surface area (Å²) in [7, 11) is -1.86. The highest BCUT2D eigenvalue weighted by Crippen LogP contribution is 2.10. The number of carbonyl (C=O) groups excluding carboxylic acids is 2. The first-order chi connectivity index (χ1) is 13.7. The molecule has 5 heteroatoms. The summed E-state index contributed by atoms with van der Waals surface area (Å²) in [5.74, 6) is -1.20. The van der Waals surface area contributed by atoms with E-state index in [0.29, 0.717) is 0 Å². The van der Waals surface area contributed by atoms with Crippen LogP contribution in [0.4, 0.5) is 0 Å². The predicted octanol–water partition coefficient (Wildman–Crippen LogP) is 1.93. The molecular formula is C23H20O4Si. The van der Waals surface area contributed by atoms with Gasteiger partial charge in [0.1, 0.15) is 0 Å². The summed E-state index contributed by atoms with van der Waals surface area (Å²) in [4.78, 5) is 24.1. The fourth-order valence-corrected chi connectivity index (χ4v) is 6.79. The Hall–Kier alpha value is -3.44. The summed E-state index contributed by atoms with van der Waals surface area (Å²) in [6, 6.07) is 29.2. The highest BCUT2D eigenvalue weighted by atomic mass is 28.4. The van der Waals surface area contributed by atoms with Crippen LogP contribution >= 0.6 is 0 Å². The highest BCUT2D eigenvalue weighted by Gasteiger charge is 2.44. The topological polar surface area (TPSA) is 52.6 Å². The van der Waals surface area contributed by atoms with E-state index in [9.17, 15) is 9.59 Å². The van der Waals surface area contributed by atoms with Crippen LogP contribution in [0.3, 0.4) is 0 Å². The molecule has 0 fully saturated rings. The molecule has 28 heavy (non-hydrogen) atoms. The maximum atomic E-state index is 12.7. The van der Waals surface area contributed by atoms with Gasteiger partial charge in [0.15, 0.2) is 0 Å². The van der Waals surface area contributed by atoms with E-state index in [1.165, 1.54) is 7.11 Å². The number of hydrogen-bond donors (Lipinski definition) is 0. The molecule has 0 aliphatic carbocycles. The minimum Gasteiger partial charge on any atom is -0.502 e. The van der Waals surface area contributed by atoms with Gasteiger partial charge in [0, 0.05) is 12.2 Å². The summed E-state index contributed by atoms with van der Waals surface area (Å²) < 4.78 is 10.8. The van der Waals surface area contributed by atoms with Gasteiger partial charge >= 0.3 is 20.3 Å². The molecular weight excluding hydrogens is 368 g/mol. The molecule has 0 heterocycles. The van der Waals surface area contributed by atoms with E-state index in [-0.39, 0.29) is 0 Å². The Morgan fingerprint density at radius 1 is 0.643 bits per heavy atom. The van der Waals surface area contributed by atoms with E-state index < -0.39 is 20.3 Å². The molecule has 3 aromatic carbocycles. The van der Waals surface area contributed by atoms with Crippen molar-refractivity contribution in [3.8, 4) is 0 Å². The third kappa shape index (κ3) is 4.10. The van der Waals surface area contributed by atoms with Crippen molar-refractivity contribution >= 4 is 35.8 Å². The molecule has 0 atom stereocenters. The van der Waals surface area contributed by atoms with Crippen LogP contribution < -0.4 is 15.6 Å². The second-order valence-electron chi connectivity index (χ2n) is 6.06. The minimum atomic E-state index is -3.12. The summed E-state index contributed by atoms with van der Waals surface area (Å²) in [5.41, 5.74) is 0. The standard InChI is InChI=1S/C23H20O4Si/c1-26-22(24)17-18-23(25)27-28(19-11-5-2-6-12-19,20-13-7-3-8-14-20)21-15-9-4-10-16-21/h2-18H,1H3/b18-17+. The molecule has 0 bridgehead atoms. The molecule has 0 amide bonds. The Bertz CT molecular complexity index is 857. The molecule has 3 aromatic rings. The molecule has 0 unspecified atom stereocenters. The molecule has 3 rings (SSSR count). The summed E-state index contributed by atoms with van der Waals surface area (Å²) in [5, 5.41) is 2.81. The van der Waals surface area contributed by atoms with E-state index in [1.807, 2.05) is 91.0 Å². The lowest BCUT2D eigenvalue weighted by Crippen LogP contribution is -2.69. The Balaban J connectivity index is 2.18. The molecule has 4 nitrogen and oxygen atoms in total. The van der Waals surface area contributed by atoms with Crippen LogP contribution in [0.25, 0.3) is 0 Å². The zero-order valence-electron chi connectivity index (χ0n) is 15.4. The molecule has 0 saturated carbocycles. The van der Waals surface area contributed by atoms with Gasteiger partial charge in [-0.1, -0.05) is 91.0 Å². The second kappa shape index (κ2) is 8.97. The quantitative estimate of drug-likeness (QED) is 0.280. The monoisotopic (exact) mass is 388 g/mol. The molecule has 0 N–H and O–H groups in total. The molecule has 0 aliphatic heterocycles. The van der Waals surface area contributed by atoms with Gasteiger partial charge in [-0.05, 0) is 15.6 Å². The van der Waals surface area contributed by atoms with Crippen molar-refractivity contribution in [1.82, 2.24) is 0 Å². The number of carbonyl (C=O) groups is 2. The number of methoxy groups -OCH3 is 1. The lowest BCUT2D eigenvalue weighted by Gasteiger charge is -2.31. The van der Waals surface area contributed by atoms with Gasteiger partial charge in [-0.15, -0.1) is 0 Å². The van der Waals surface area contributed by atoms with Crippen LogP contribution in [0.15, 0.2) is 103 Å². The predicted molar refractivity (Wildman–Crippen MR) is 111 cm³/mol. The molecule has 0 radical (unpaired) electrons. The lowest BCUT2D eigenvalue weighted by atomic mass is 10.3. The van der Waals surface area contributed by atoms with Crippen molar-refractivity contribution in [3.63, 3.8) is 0 Å². The normalized spacial score (nSPS) is 11.2. The molecule has 0 spiro atoms. The molecule has 140 valence electrons. The van der Waals surface area contributed by atoms with Crippen molar-refractivity contribution in [1.29, 1.82) is 0 Å². The Morgan fingerprint density at radius 2 is 1.00 bits per heavy atom. The lowest BCUT2D eigenvalue weighted by molar-refractivity contribution is -0.135. The van der Waals surface area contributed by atoms with E-state index >= 15 is 0 Å².